The predicted molar refractivity (Wildman–Crippen MR) is 77.2 cm³/mol. The number of sulfone groups is 1. The number of aromatic carboxylic acids is 1. The van der Waals surface area contributed by atoms with Gasteiger partial charge in [-0.25, -0.2) is 13.2 Å². The molecule has 0 fully saturated rings. The minimum Gasteiger partial charge on any atom is -0.478 e. The molecule has 0 saturated heterocycles. The van der Waals surface area contributed by atoms with Gasteiger partial charge in [0.15, 0.2) is 9.84 Å². The zero-order chi connectivity index (χ0) is 14.8. The van der Waals surface area contributed by atoms with Crippen LogP contribution in [0.3, 0.4) is 0 Å². The molecule has 0 saturated carbocycles. The lowest BCUT2D eigenvalue weighted by molar-refractivity contribution is 0.0695. The van der Waals surface area contributed by atoms with Crippen LogP contribution >= 0.6 is 15.9 Å². The van der Waals surface area contributed by atoms with Crippen LogP contribution in [0.15, 0.2) is 27.6 Å². The first-order valence-corrected chi connectivity index (χ1v) is 8.23. The molecule has 0 unspecified atom stereocenters. The highest BCUT2D eigenvalue weighted by Crippen LogP contribution is 2.25. The van der Waals surface area contributed by atoms with E-state index in [0.717, 1.165) is 0 Å². The van der Waals surface area contributed by atoms with Crippen LogP contribution < -0.4 is 0 Å². The van der Waals surface area contributed by atoms with Gasteiger partial charge in [-0.15, -0.1) is 0 Å². The van der Waals surface area contributed by atoms with Crippen LogP contribution in [-0.2, 0) is 9.84 Å². The average molecular weight is 349 g/mol. The van der Waals surface area contributed by atoms with Gasteiger partial charge < -0.3 is 5.11 Å². The number of benzene rings is 1. The normalized spacial score (nSPS) is 12.4. The van der Waals surface area contributed by atoms with Gasteiger partial charge in [0.05, 0.1) is 16.2 Å². The van der Waals surface area contributed by atoms with Gasteiger partial charge in [0, 0.05) is 4.47 Å². The fourth-order valence-corrected chi connectivity index (χ4v) is 3.53. The molecular formula is C13H17BrO4S. The highest BCUT2D eigenvalue weighted by Gasteiger charge is 2.21. The van der Waals surface area contributed by atoms with Gasteiger partial charge in [0.1, 0.15) is 0 Å². The van der Waals surface area contributed by atoms with E-state index in [1.165, 1.54) is 18.2 Å². The van der Waals surface area contributed by atoms with Crippen molar-refractivity contribution in [2.24, 2.45) is 5.41 Å². The summed E-state index contributed by atoms with van der Waals surface area (Å²) in [4.78, 5) is 11.0. The second-order valence-electron chi connectivity index (χ2n) is 5.58. The van der Waals surface area contributed by atoms with Crippen molar-refractivity contribution in [3.63, 3.8) is 0 Å². The van der Waals surface area contributed by atoms with E-state index in [4.69, 9.17) is 5.11 Å². The molecule has 0 aliphatic heterocycles. The Labute approximate surface area is 121 Å². The first-order chi connectivity index (χ1) is 8.53. The molecule has 0 heterocycles. The summed E-state index contributed by atoms with van der Waals surface area (Å²) in [6, 6.07) is 4.08. The number of carbonyl (C=O) groups is 1. The van der Waals surface area contributed by atoms with Crippen molar-refractivity contribution in [2.75, 3.05) is 5.75 Å². The van der Waals surface area contributed by atoms with Gasteiger partial charge in [-0.2, -0.15) is 0 Å². The van der Waals surface area contributed by atoms with Crippen LogP contribution in [0.2, 0.25) is 0 Å². The van der Waals surface area contributed by atoms with Crippen LogP contribution in [0.25, 0.3) is 0 Å². The smallest absolute Gasteiger partial charge is 0.336 e. The zero-order valence-electron chi connectivity index (χ0n) is 11.1. The highest BCUT2D eigenvalue weighted by molar-refractivity contribution is 9.10. The standard InChI is InChI=1S/C13H17BrO4S/c1-13(2,3)6-7-19(17,18)9-4-5-11(14)10(8-9)12(15)16/h4-5,8H,6-7H2,1-3H3,(H,15,16). The lowest BCUT2D eigenvalue weighted by Gasteiger charge is -2.17. The molecule has 0 atom stereocenters. The number of halogens is 1. The van der Waals surface area contributed by atoms with Gasteiger partial charge in [-0.1, -0.05) is 20.8 Å². The molecule has 1 N–H and O–H groups in total. The minimum atomic E-state index is -3.45. The molecule has 19 heavy (non-hydrogen) atoms. The summed E-state index contributed by atoms with van der Waals surface area (Å²) in [5, 5.41) is 8.99. The molecule has 6 heteroatoms. The third kappa shape index (κ3) is 4.62. The third-order valence-electron chi connectivity index (χ3n) is 2.65. The van der Waals surface area contributed by atoms with E-state index in [9.17, 15) is 13.2 Å². The van der Waals surface area contributed by atoms with E-state index in [0.29, 0.717) is 10.9 Å². The minimum absolute atomic E-state index is 0.0111. The van der Waals surface area contributed by atoms with Gasteiger partial charge in [0.2, 0.25) is 0 Å². The first kappa shape index (κ1) is 16.2. The Bertz CT molecular complexity index is 585. The van der Waals surface area contributed by atoms with E-state index in [1.54, 1.807) is 0 Å². The third-order valence-corrected chi connectivity index (χ3v) is 5.05. The molecule has 1 rings (SSSR count). The molecular weight excluding hydrogens is 332 g/mol. The van der Waals surface area contributed by atoms with Crippen molar-refractivity contribution >= 4 is 31.7 Å². The van der Waals surface area contributed by atoms with Crippen molar-refractivity contribution in [1.82, 2.24) is 0 Å². The summed E-state index contributed by atoms with van der Waals surface area (Å²) in [6.45, 7) is 5.90. The van der Waals surface area contributed by atoms with Crippen LogP contribution in [0.5, 0.6) is 0 Å². The fraction of sp³-hybridized carbons (Fsp3) is 0.462. The van der Waals surface area contributed by atoms with Gasteiger partial charge in [0.25, 0.3) is 0 Å². The van der Waals surface area contributed by atoms with Crippen molar-refractivity contribution in [3.05, 3.63) is 28.2 Å². The summed E-state index contributed by atoms with van der Waals surface area (Å²) in [6.07, 6.45) is 0.522. The second kappa shape index (κ2) is 5.63. The van der Waals surface area contributed by atoms with Crippen LogP contribution in [0, 0.1) is 5.41 Å². The molecule has 0 aliphatic carbocycles. The van der Waals surface area contributed by atoms with E-state index < -0.39 is 15.8 Å². The van der Waals surface area contributed by atoms with Crippen LogP contribution in [0.4, 0.5) is 0 Å². The molecule has 0 amide bonds. The molecule has 1 aromatic rings. The van der Waals surface area contributed by atoms with Gasteiger partial charge in [-0.3, -0.25) is 0 Å². The number of carboxylic acids is 1. The molecule has 4 nitrogen and oxygen atoms in total. The van der Waals surface area contributed by atoms with Crippen LogP contribution in [-0.4, -0.2) is 25.2 Å². The van der Waals surface area contributed by atoms with Crippen molar-refractivity contribution < 1.29 is 18.3 Å². The zero-order valence-corrected chi connectivity index (χ0v) is 13.5. The summed E-state index contributed by atoms with van der Waals surface area (Å²) >= 11 is 3.09. The quantitative estimate of drug-likeness (QED) is 0.905. The average Bonchev–Trinajstić information content (AvgIpc) is 2.25. The summed E-state index contributed by atoms with van der Waals surface area (Å²) < 4.78 is 24.7. The van der Waals surface area contributed by atoms with Gasteiger partial charge >= 0.3 is 5.97 Å². The molecule has 0 spiro atoms. The van der Waals surface area contributed by atoms with Crippen molar-refractivity contribution in [1.29, 1.82) is 0 Å². The number of rotatable bonds is 4. The molecule has 0 bridgehead atoms. The van der Waals surface area contributed by atoms with Gasteiger partial charge in [-0.05, 0) is 46.0 Å². The lowest BCUT2D eigenvalue weighted by atomic mass is 9.94. The van der Waals surface area contributed by atoms with E-state index in [1.807, 2.05) is 20.8 Å². The maximum absolute atomic E-state index is 12.2. The molecule has 106 valence electrons. The summed E-state index contributed by atoms with van der Waals surface area (Å²) in [5.41, 5.74) is -0.130. The Hall–Kier alpha value is -0.880. The Balaban J connectivity index is 3.09. The predicted octanol–water partition coefficient (Wildman–Crippen LogP) is 3.36. The maximum Gasteiger partial charge on any atom is 0.336 e. The van der Waals surface area contributed by atoms with E-state index in [2.05, 4.69) is 15.9 Å². The first-order valence-electron chi connectivity index (χ1n) is 5.78. The summed E-state index contributed by atoms with van der Waals surface area (Å²) in [7, 11) is -3.45. The number of carboxylic acid groups (broad SMARTS) is 1. The Morgan fingerprint density at radius 3 is 2.37 bits per heavy atom. The SMILES string of the molecule is CC(C)(C)CCS(=O)(=O)c1ccc(Br)c(C(=O)O)c1. The van der Waals surface area contributed by atoms with E-state index in [-0.39, 0.29) is 21.6 Å². The monoisotopic (exact) mass is 348 g/mol. The van der Waals surface area contributed by atoms with Crippen LogP contribution in [0.1, 0.15) is 37.6 Å². The topological polar surface area (TPSA) is 71.4 Å². The lowest BCUT2D eigenvalue weighted by Crippen LogP contribution is -2.15. The van der Waals surface area contributed by atoms with Crippen molar-refractivity contribution in [2.45, 2.75) is 32.1 Å². The Morgan fingerprint density at radius 1 is 1.32 bits per heavy atom. The molecule has 1 aromatic carbocycles. The fourth-order valence-electron chi connectivity index (χ4n) is 1.42. The largest absolute Gasteiger partial charge is 0.478 e. The molecule has 0 aromatic heterocycles. The maximum atomic E-state index is 12.2. The van der Waals surface area contributed by atoms with Crippen molar-refractivity contribution in [3.8, 4) is 0 Å². The van der Waals surface area contributed by atoms with E-state index >= 15 is 0 Å². The Kier molecular flexibility index (Phi) is 4.79. The highest BCUT2D eigenvalue weighted by atomic mass is 79.9. The molecule has 0 radical (unpaired) electrons. The number of hydrogen-bond acceptors (Lipinski definition) is 3. The second-order valence-corrected chi connectivity index (χ2v) is 8.54. The number of hydrogen-bond donors (Lipinski definition) is 1. The molecule has 0 aliphatic rings. The Morgan fingerprint density at radius 2 is 1.89 bits per heavy atom. The summed E-state index contributed by atoms with van der Waals surface area (Å²) in [5.74, 6) is -1.14.